The third-order valence-electron chi connectivity index (χ3n) is 3.92. The molecule has 0 aromatic heterocycles. The summed E-state index contributed by atoms with van der Waals surface area (Å²) in [6, 6.07) is 0.834. The summed E-state index contributed by atoms with van der Waals surface area (Å²) in [6.07, 6.45) is 2.39. The van der Waals surface area contributed by atoms with Crippen molar-refractivity contribution in [1.29, 1.82) is 0 Å². The van der Waals surface area contributed by atoms with Crippen molar-refractivity contribution in [2.75, 3.05) is 26.2 Å². The summed E-state index contributed by atoms with van der Waals surface area (Å²) in [6.45, 7) is 10.7. The smallest absolute Gasteiger partial charge is 0.304 e. The highest BCUT2D eigenvalue weighted by Gasteiger charge is 2.30. The molecule has 1 aliphatic heterocycles. The zero-order valence-electron chi connectivity index (χ0n) is 11.4. The topological polar surface area (TPSA) is 43.8 Å². The fourth-order valence-electron chi connectivity index (χ4n) is 2.87. The third-order valence-corrected chi connectivity index (χ3v) is 3.92. The molecule has 1 N–H and O–H groups in total. The lowest BCUT2D eigenvalue weighted by Crippen LogP contribution is -2.40. The first kappa shape index (κ1) is 14.5. The molecule has 100 valence electrons. The van der Waals surface area contributed by atoms with E-state index in [1.807, 2.05) is 0 Å². The zero-order valence-corrected chi connectivity index (χ0v) is 11.4. The third kappa shape index (κ3) is 3.96. The first-order valence-corrected chi connectivity index (χ1v) is 6.82. The van der Waals surface area contributed by atoms with Crippen LogP contribution < -0.4 is 0 Å². The lowest BCUT2D eigenvalue weighted by molar-refractivity contribution is -0.138. The van der Waals surface area contributed by atoms with E-state index in [0.717, 1.165) is 32.6 Å². The molecule has 4 nitrogen and oxygen atoms in total. The highest BCUT2D eigenvalue weighted by atomic mass is 16.4. The molecular formula is C13H26N2O2. The lowest BCUT2D eigenvalue weighted by atomic mass is 10.1. The number of likely N-dealkylation sites (N-methyl/N-ethyl adjacent to an activating group) is 1. The minimum absolute atomic E-state index is 0.216. The van der Waals surface area contributed by atoms with Crippen molar-refractivity contribution in [2.45, 2.75) is 52.1 Å². The monoisotopic (exact) mass is 242 g/mol. The Kier molecular flexibility index (Phi) is 5.92. The number of likely N-dealkylation sites (tertiary alicyclic amines) is 1. The van der Waals surface area contributed by atoms with Crippen LogP contribution in [0.3, 0.4) is 0 Å². The van der Waals surface area contributed by atoms with Crippen LogP contribution in [0, 0.1) is 0 Å². The Morgan fingerprint density at radius 2 is 2.06 bits per heavy atom. The second kappa shape index (κ2) is 6.97. The molecule has 0 bridgehead atoms. The highest BCUT2D eigenvalue weighted by molar-refractivity contribution is 5.67. The first-order valence-electron chi connectivity index (χ1n) is 6.82. The van der Waals surface area contributed by atoms with Gasteiger partial charge in [0.2, 0.25) is 0 Å². The summed E-state index contributed by atoms with van der Waals surface area (Å²) in [4.78, 5) is 15.7. The summed E-state index contributed by atoms with van der Waals surface area (Å²) < 4.78 is 0. The SMILES string of the molecule is CCC(CC(=O)O)N1CCC(N(CC)CC)C1. The first-order chi connectivity index (χ1) is 8.12. The van der Waals surface area contributed by atoms with Gasteiger partial charge in [-0.3, -0.25) is 14.6 Å². The van der Waals surface area contributed by atoms with E-state index in [0.29, 0.717) is 6.04 Å². The van der Waals surface area contributed by atoms with Gasteiger partial charge in [0, 0.05) is 25.2 Å². The summed E-state index contributed by atoms with van der Waals surface area (Å²) in [5.41, 5.74) is 0. The summed E-state index contributed by atoms with van der Waals surface area (Å²) >= 11 is 0. The van der Waals surface area contributed by atoms with Gasteiger partial charge in [-0.2, -0.15) is 0 Å². The Labute approximate surface area is 105 Å². The van der Waals surface area contributed by atoms with Gasteiger partial charge in [0.15, 0.2) is 0 Å². The molecule has 2 unspecified atom stereocenters. The summed E-state index contributed by atoms with van der Waals surface area (Å²) in [5, 5.41) is 8.91. The molecule has 0 aliphatic carbocycles. The molecule has 0 saturated carbocycles. The second-order valence-electron chi connectivity index (χ2n) is 4.82. The number of hydrogen-bond acceptors (Lipinski definition) is 3. The van der Waals surface area contributed by atoms with Gasteiger partial charge in [-0.15, -0.1) is 0 Å². The maximum atomic E-state index is 10.8. The van der Waals surface area contributed by atoms with Gasteiger partial charge in [0.05, 0.1) is 6.42 Å². The predicted octanol–water partition coefficient (Wildman–Crippen LogP) is 1.66. The van der Waals surface area contributed by atoms with E-state index in [-0.39, 0.29) is 12.5 Å². The largest absolute Gasteiger partial charge is 0.481 e. The molecular weight excluding hydrogens is 216 g/mol. The fraction of sp³-hybridized carbons (Fsp3) is 0.923. The van der Waals surface area contributed by atoms with E-state index in [1.54, 1.807) is 0 Å². The standard InChI is InChI=1S/C13H26N2O2/c1-4-11(9-13(16)17)15-8-7-12(10-15)14(5-2)6-3/h11-12H,4-10H2,1-3H3,(H,16,17). The average molecular weight is 242 g/mol. The van der Waals surface area contributed by atoms with Crippen molar-refractivity contribution in [3.05, 3.63) is 0 Å². The highest BCUT2D eigenvalue weighted by Crippen LogP contribution is 2.20. The van der Waals surface area contributed by atoms with Gasteiger partial charge >= 0.3 is 5.97 Å². The maximum Gasteiger partial charge on any atom is 0.304 e. The van der Waals surface area contributed by atoms with Crippen LogP contribution in [0.1, 0.15) is 40.0 Å². The predicted molar refractivity (Wildman–Crippen MR) is 69.2 cm³/mol. The van der Waals surface area contributed by atoms with Crippen molar-refractivity contribution >= 4 is 5.97 Å². The Hall–Kier alpha value is -0.610. The molecule has 17 heavy (non-hydrogen) atoms. The summed E-state index contributed by atoms with van der Waals surface area (Å²) in [7, 11) is 0. The number of aliphatic carboxylic acids is 1. The molecule has 1 saturated heterocycles. The van der Waals surface area contributed by atoms with Gasteiger partial charge in [-0.25, -0.2) is 0 Å². The van der Waals surface area contributed by atoms with Gasteiger partial charge in [-0.1, -0.05) is 20.8 Å². The van der Waals surface area contributed by atoms with Gasteiger partial charge < -0.3 is 5.11 Å². The van der Waals surface area contributed by atoms with Crippen molar-refractivity contribution in [2.24, 2.45) is 0 Å². The van der Waals surface area contributed by atoms with Gasteiger partial charge in [0.25, 0.3) is 0 Å². The molecule has 0 amide bonds. The van der Waals surface area contributed by atoms with Crippen LogP contribution in [0.15, 0.2) is 0 Å². The van der Waals surface area contributed by atoms with Crippen LogP contribution in [0.5, 0.6) is 0 Å². The number of hydrogen-bond donors (Lipinski definition) is 1. The van der Waals surface area contributed by atoms with Crippen LogP contribution in [0.4, 0.5) is 0 Å². The lowest BCUT2D eigenvalue weighted by Gasteiger charge is -2.29. The summed E-state index contributed by atoms with van der Waals surface area (Å²) in [5.74, 6) is -0.678. The molecule has 0 aromatic rings. The van der Waals surface area contributed by atoms with E-state index in [4.69, 9.17) is 5.11 Å². The van der Waals surface area contributed by atoms with Crippen LogP contribution in [-0.2, 0) is 4.79 Å². The minimum Gasteiger partial charge on any atom is -0.481 e. The van der Waals surface area contributed by atoms with E-state index in [9.17, 15) is 4.79 Å². The molecule has 4 heteroatoms. The van der Waals surface area contributed by atoms with E-state index < -0.39 is 5.97 Å². The number of carbonyl (C=O) groups is 1. The van der Waals surface area contributed by atoms with Crippen molar-refractivity contribution in [3.63, 3.8) is 0 Å². The van der Waals surface area contributed by atoms with Crippen molar-refractivity contribution in [1.82, 2.24) is 9.80 Å². The molecule has 1 rings (SSSR count). The Morgan fingerprint density at radius 3 is 2.53 bits per heavy atom. The van der Waals surface area contributed by atoms with Gasteiger partial charge in [-0.05, 0) is 25.9 Å². The normalized spacial score (nSPS) is 23.2. The molecule has 1 aliphatic rings. The average Bonchev–Trinajstić information content (AvgIpc) is 2.76. The van der Waals surface area contributed by atoms with Crippen molar-refractivity contribution < 1.29 is 9.90 Å². The Balaban J connectivity index is 2.50. The molecule has 0 spiro atoms. The molecule has 2 atom stereocenters. The zero-order chi connectivity index (χ0) is 12.8. The van der Waals surface area contributed by atoms with Crippen LogP contribution >= 0.6 is 0 Å². The number of rotatable bonds is 7. The number of nitrogens with zero attached hydrogens (tertiary/aromatic N) is 2. The number of carboxylic acid groups (broad SMARTS) is 1. The van der Waals surface area contributed by atoms with Crippen LogP contribution in [-0.4, -0.2) is 59.1 Å². The van der Waals surface area contributed by atoms with E-state index >= 15 is 0 Å². The molecule has 0 aromatic carbocycles. The van der Waals surface area contributed by atoms with E-state index in [1.165, 1.54) is 6.42 Å². The van der Waals surface area contributed by atoms with E-state index in [2.05, 4.69) is 30.6 Å². The molecule has 1 fully saturated rings. The van der Waals surface area contributed by atoms with Crippen LogP contribution in [0.25, 0.3) is 0 Å². The van der Waals surface area contributed by atoms with Crippen molar-refractivity contribution in [3.8, 4) is 0 Å². The maximum absolute atomic E-state index is 10.8. The fourth-order valence-corrected chi connectivity index (χ4v) is 2.87. The minimum atomic E-state index is -0.678. The number of carboxylic acids is 1. The molecule has 1 heterocycles. The van der Waals surface area contributed by atoms with Gasteiger partial charge in [0.1, 0.15) is 0 Å². The second-order valence-corrected chi connectivity index (χ2v) is 4.82. The van der Waals surface area contributed by atoms with Crippen LogP contribution in [0.2, 0.25) is 0 Å². The quantitative estimate of drug-likeness (QED) is 0.737. The Morgan fingerprint density at radius 1 is 1.41 bits per heavy atom. The Bertz CT molecular complexity index is 242. The molecule has 0 radical (unpaired) electrons.